The molecule has 28 heavy (non-hydrogen) atoms. The molecule has 0 bridgehead atoms. The highest BCUT2D eigenvalue weighted by Gasteiger charge is 2.27. The van der Waals surface area contributed by atoms with Gasteiger partial charge in [-0.3, -0.25) is 0 Å². The van der Waals surface area contributed by atoms with Gasteiger partial charge in [0.05, 0.1) is 4.90 Å². The number of sulfonamides is 1. The molecule has 0 amide bonds. The van der Waals surface area contributed by atoms with Gasteiger partial charge >= 0.3 is 0 Å². The van der Waals surface area contributed by atoms with Gasteiger partial charge in [-0.1, -0.05) is 12.1 Å². The van der Waals surface area contributed by atoms with Crippen LogP contribution in [0.2, 0.25) is 0 Å². The van der Waals surface area contributed by atoms with Crippen molar-refractivity contribution in [1.29, 1.82) is 0 Å². The van der Waals surface area contributed by atoms with Crippen LogP contribution in [0.5, 0.6) is 0 Å². The Morgan fingerprint density at radius 3 is 2.32 bits per heavy atom. The van der Waals surface area contributed by atoms with Crippen LogP contribution < -0.4 is 32.0 Å². The molecule has 2 aliphatic heterocycles. The van der Waals surface area contributed by atoms with Gasteiger partial charge in [0.2, 0.25) is 16.0 Å². The Hall–Kier alpha value is -2.19. The van der Waals surface area contributed by atoms with Crippen LogP contribution in [-0.2, 0) is 10.0 Å². The Labute approximate surface area is 163 Å². The largest absolute Gasteiger partial charge is 0.338 e. The maximum Gasteiger partial charge on any atom is 0.238 e. The number of hydrogen-bond acceptors (Lipinski definition) is 10. The van der Waals surface area contributed by atoms with Crippen molar-refractivity contribution in [2.75, 3.05) is 38.1 Å². The predicted molar refractivity (Wildman–Crippen MR) is 104 cm³/mol. The first-order valence-electron chi connectivity index (χ1n) is 8.86. The molecule has 6 N–H and O–H groups in total. The quantitative estimate of drug-likeness (QED) is 0.415. The highest BCUT2D eigenvalue weighted by Crippen LogP contribution is 2.32. The van der Waals surface area contributed by atoms with Crippen LogP contribution in [0.15, 0.2) is 35.5 Å². The fourth-order valence-corrected chi connectivity index (χ4v) is 4.17. The minimum absolute atomic E-state index is 0.0312. The molecule has 12 heteroatoms. The van der Waals surface area contributed by atoms with Gasteiger partial charge in [-0.2, -0.15) is 11.1 Å². The molecule has 4 rings (SSSR count). The average molecular weight is 405 g/mol. The molecule has 2 aromatic rings. The Morgan fingerprint density at radius 1 is 1.07 bits per heavy atom. The van der Waals surface area contributed by atoms with Crippen molar-refractivity contribution in [3.8, 4) is 11.1 Å². The number of anilines is 1. The van der Waals surface area contributed by atoms with Gasteiger partial charge in [0.15, 0.2) is 0 Å². The fourth-order valence-electron chi connectivity index (χ4n) is 3.37. The van der Waals surface area contributed by atoms with Crippen LogP contribution in [0.25, 0.3) is 11.1 Å². The average Bonchev–Trinajstić information content (AvgIpc) is 3.22. The predicted octanol–water partition coefficient (Wildman–Crippen LogP) is -1.34. The number of primary sulfonamides is 1. The SMILES string of the molecule is CN1CCN(c2ncc(-c3cccc(S(N)(=O)=O)c3C3NNNN3)cn2)CC1. The monoisotopic (exact) mass is 405 g/mol. The molecule has 2 fully saturated rings. The second kappa shape index (κ2) is 7.67. The first-order valence-corrected chi connectivity index (χ1v) is 10.4. The molecule has 0 unspecified atom stereocenters. The number of hydrazine groups is 3. The Balaban J connectivity index is 1.70. The van der Waals surface area contributed by atoms with E-state index in [2.05, 4.69) is 48.7 Å². The number of likely N-dealkylation sites (N-methyl/N-ethyl adjacent to an activating group) is 1. The number of nitrogens with one attached hydrogen (secondary N) is 4. The highest BCUT2D eigenvalue weighted by atomic mass is 32.2. The van der Waals surface area contributed by atoms with Crippen LogP contribution in [-0.4, -0.2) is 56.5 Å². The van der Waals surface area contributed by atoms with Gasteiger partial charge in [0.1, 0.15) is 6.17 Å². The molecule has 2 aliphatic rings. The van der Waals surface area contributed by atoms with Gasteiger partial charge < -0.3 is 9.80 Å². The Kier molecular flexibility index (Phi) is 5.25. The number of aromatic nitrogens is 2. The van der Waals surface area contributed by atoms with E-state index in [-0.39, 0.29) is 4.90 Å². The smallest absolute Gasteiger partial charge is 0.238 e. The molecule has 2 saturated heterocycles. The number of rotatable bonds is 4. The van der Waals surface area contributed by atoms with Gasteiger partial charge in [-0.15, -0.1) is 0 Å². The summed E-state index contributed by atoms with van der Waals surface area (Å²) >= 11 is 0. The lowest BCUT2D eigenvalue weighted by atomic mass is 10.00. The molecular formula is C16H23N9O2S. The van der Waals surface area contributed by atoms with E-state index in [9.17, 15) is 8.42 Å². The van der Waals surface area contributed by atoms with Gasteiger partial charge in [0, 0.05) is 49.7 Å². The topological polar surface area (TPSA) is 141 Å². The van der Waals surface area contributed by atoms with Crippen LogP contribution in [0, 0.1) is 0 Å². The number of nitrogens with two attached hydrogens (primary N) is 1. The molecule has 0 spiro atoms. The van der Waals surface area contributed by atoms with E-state index in [1.54, 1.807) is 18.5 Å². The van der Waals surface area contributed by atoms with Crippen LogP contribution in [0.3, 0.4) is 0 Å². The number of benzene rings is 1. The molecular weight excluding hydrogens is 382 g/mol. The van der Waals surface area contributed by atoms with E-state index < -0.39 is 16.2 Å². The zero-order chi connectivity index (χ0) is 19.7. The van der Waals surface area contributed by atoms with Crippen molar-refractivity contribution in [2.24, 2.45) is 5.14 Å². The van der Waals surface area contributed by atoms with Crippen molar-refractivity contribution in [1.82, 2.24) is 36.8 Å². The van der Waals surface area contributed by atoms with Crippen LogP contribution in [0.1, 0.15) is 11.7 Å². The third-order valence-corrected chi connectivity index (χ3v) is 5.86. The summed E-state index contributed by atoms with van der Waals surface area (Å²) in [7, 11) is -1.83. The van der Waals surface area contributed by atoms with Crippen molar-refractivity contribution in [3.05, 3.63) is 36.2 Å². The second-order valence-electron chi connectivity index (χ2n) is 6.80. The highest BCUT2D eigenvalue weighted by molar-refractivity contribution is 7.89. The summed E-state index contributed by atoms with van der Waals surface area (Å²) in [6, 6.07) is 4.96. The second-order valence-corrected chi connectivity index (χ2v) is 8.33. The summed E-state index contributed by atoms with van der Waals surface area (Å²) in [5.74, 6) is 0.668. The summed E-state index contributed by atoms with van der Waals surface area (Å²) in [5.41, 5.74) is 13.1. The van der Waals surface area contributed by atoms with E-state index in [4.69, 9.17) is 5.14 Å². The maximum absolute atomic E-state index is 12.1. The standard InChI is InChI=1S/C16H23N9O2S/c1-24-5-7-25(8-6-24)16-18-9-11(10-19-16)12-3-2-4-13(28(17,26)27)14(12)15-20-22-23-21-15/h2-4,9-10,15,20-23H,5-8H2,1H3,(H2,17,26,27). The first kappa shape index (κ1) is 19.1. The van der Waals surface area contributed by atoms with Crippen molar-refractivity contribution in [3.63, 3.8) is 0 Å². The van der Waals surface area contributed by atoms with Crippen LogP contribution in [0.4, 0.5) is 5.95 Å². The lowest BCUT2D eigenvalue weighted by Crippen LogP contribution is -2.45. The lowest BCUT2D eigenvalue weighted by molar-refractivity contribution is 0.311. The summed E-state index contributed by atoms with van der Waals surface area (Å²) < 4.78 is 24.2. The van der Waals surface area contributed by atoms with E-state index >= 15 is 0 Å². The molecule has 0 aliphatic carbocycles. The van der Waals surface area contributed by atoms with Crippen LogP contribution >= 0.6 is 0 Å². The van der Waals surface area contributed by atoms with Crippen molar-refractivity contribution in [2.45, 2.75) is 11.1 Å². The normalized spacial score (nSPS) is 19.3. The zero-order valence-electron chi connectivity index (χ0n) is 15.4. The molecule has 150 valence electrons. The van der Waals surface area contributed by atoms with E-state index in [0.717, 1.165) is 26.2 Å². The number of nitrogens with zero attached hydrogens (tertiary/aromatic N) is 4. The van der Waals surface area contributed by atoms with Gasteiger partial charge in [0.25, 0.3) is 0 Å². The zero-order valence-corrected chi connectivity index (χ0v) is 16.2. The molecule has 0 saturated carbocycles. The molecule has 1 aromatic carbocycles. The van der Waals surface area contributed by atoms with E-state index in [0.29, 0.717) is 22.6 Å². The minimum Gasteiger partial charge on any atom is -0.338 e. The molecule has 1 aromatic heterocycles. The van der Waals surface area contributed by atoms with Crippen molar-refractivity contribution < 1.29 is 8.42 Å². The summed E-state index contributed by atoms with van der Waals surface area (Å²) in [5, 5.41) is 5.44. The van der Waals surface area contributed by atoms with Gasteiger partial charge in [-0.05, 0) is 18.7 Å². The number of piperazine rings is 1. The van der Waals surface area contributed by atoms with Crippen molar-refractivity contribution >= 4 is 16.0 Å². The molecule has 0 radical (unpaired) electrons. The summed E-state index contributed by atoms with van der Waals surface area (Å²) in [4.78, 5) is 13.4. The molecule has 0 atom stereocenters. The first-order chi connectivity index (χ1) is 13.4. The maximum atomic E-state index is 12.1. The summed E-state index contributed by atoms with van der Waals surface area (Å²) in [6.45, 7) is 3.67. The Morgan fingerprint density at radius 2 is 1.71 bits per heavy atom. The van der Waals surface area contributed by atoms with E-state index in [1.807, 2.05) is 6.07 Å². The lowest BCUT2D eigenvalue weighted by Gasteiger charge is -2.32. The molecule has 3 heterocycles. The number of hydrogen-bond donors (Lipinski definition) is 5. The third-order valence-electron chi connectivity index (χ3n) is 4.89. The fraction of sp³-hybridized carbons (Fsp3) is 0.375. The minimum atomic E-state index is -3.92. The van der Waals surface area contributed by atoms with Gasteiger partial charge in [-0.25, -0.2) is 34.4 Å². The summed E-state index contributed by atoms with van der Waals surface area (Å²) in [6.07, 6.45) is 2.91. The third kappa shape index (κ3) is 3.84. The van der Waals surface area contributed by atoms with E-state index in [1.165, 1.54) is 6.07 Å². The Bertz CT molecular complexity index is 937. The molecule has 11 nitrogen and oxygen atoms in total.